The lowest BCUT2D eigenvalue weighted by Crippen LogP contribution is -2.41. The zero-order valence-corrected chi connectivity index (χ0v) is 20.9. The van der Waals surface area contributed by atoms with E-state index in [1.807, 2.05) is 33.8 Å². The molecule has 4 nitrogen and oxygen atoms in total. The smallest absolute Gasteiger partial charge is 0.468 e. The molecular formula is C23H23BClFO4S2. The number of ether oxygens (including phenoxy) is 1. The van der Waals surface area contributed by atoms with Crippen molar-refractivity contribution in [1.29, 1.82) is 0 Å². The van der Waals surface area contributed by atoms with Gasteiger partial charge in [0.2, 0.25) is 0 Å². The highest BCUT2D eigenvalue weighted by Crippen LogP contribution is 2.54. The molecule has 2 fully saturated rings. The van der Waals surface area contributed by atoms with Gasteiger partial charge in [0.1, 0.15) is 11.2 Å². The molecule has 0 amide bonds. The van der Waals surface area contributed by atoms with E-state index >= 15 is 4.39 Å². The van der Waals surface area contributed by atoms with Crippen LogP contribution in [-0.2, 0) is 24.3 Å². The second-order valence-corrected chi connectivity index (χ2v) is 12.0. The minimum Gasteiger partial charge on any atom is -0.468 e. The van der Waals surface area contributed by atoms with Gasteiger partial charge in [0.15, 0.2) is 0 Å². The number of carbonyl (C=O) groups is 1. The molecule has 0 N–H and O–H groups in total. The zero-order chi connectivity index (χ0) is 23.1. The van der Waals surface area contributed by atoms with Crippen molar-refractivity contribution >= 4 is 62.2 Å². The third kappa shape index (κ3) is 3.34. The highest BCUT2D eigenvalue weighted by Gasteiger charge is 2.54. The van der Waals surface area contributed by atoms with Crippen molar-refractivity contribution in [2.45, 2.75) is 57.2 Å². The van der Waals surface area contributed by atoms with Gasteiger partial charge in [0.25, 0.3) is 0 Å². The first kappa shape index (κ1) is 22.4. The normalized spacial score (nSPS) is 20.7. The van der Waals surface area contributed by atoms with Crippen molar-refractivity contribution in [3.05, 3.63) is 40.0 Å². The number of thiophene rings is 2. The van der Waals surface area contributed by atoms with Crippen molar-refractivity contribution in [1.82, 2.24) is 0 Å². The quantitative estimate of drug-likeness (QED) is 0.335. The summed E-state index contributed by atoms with van der Waals surface area (Å²) in [5.74, 6) is -0.585. The lowest BCUT2D eigenvalue weighted by atomic mass is 9.78. The summed E-state index contributed by atoms with van der Waals surface area (Å²) in [6, 6.07) is 7.12. The van der Waals surface area contributed by atoms with Crippen molar-refractivity contribution in [3.63, 3.8) is 0 Å². The van der Waals surface area contributed by atoms with Gasteiger partial charge in [-0.2, -0.15) is 0 Å². The van der Waals surface area contributed by atoms with Crippen molar-refractivity contribution in [2.75, 3.05) is 7.11 Å². The Labute approximate surface area is 199 Å². The Kier molecular flexibility index (Phi) is 5.08. The van der Waals surface area contributed by atoms with Crippen LogP contribution in [0.5, 0.6) is 0 Å². The van der Waals surface area contributed by atoms with Crippen molar-refractivity contribution in [2.24, 2.45) is 0 Å². The predicted molar refractivity (Wildman–Crippen MR) is 129 cm³/mol. The lowest BCUT2D eigenvalue weighted by Gasteiger charge is -2.32. The molecule has 1 aliphatic carbocycles. The highest BCUT2D eigenvalue weighted by atomic mass is 35.5. The third-order valence-electron chi connectivity index (χ3n) is 6.86. The molecule has 0 bridgehead atoms. The number of fused-ring (bicyclic) bond motifs is 1. The van der Waals surface area contributed by atoms with E-state index in [2.05, 4.69) is 6.07 Å². The maximum absolute atomic E-state index is 15.1. The third-order valence-corrected chi connectivity index (χ3v) is 9.71. The van der Waals surface area contributed by atoms with Crippen molar-refractivity contribution in [3.8, 4) is 10.4 Å². The fraction of sp³-hybridized carbons (Fsp3) is 0.435. The maximum atomic E-state index is 15.1. The number of hydrogen-bond donors (Lipinski definition) is 0. The van der Waals surface area contributed by atoms with Gasteiger partial charge in [-0.15, -0.1) is 22.7 Å². The molecular weight excluding hydrogens is 470 g/mol. The molecule has 32 heavy (non-hydrogen) atoms. The summed E-state index contributed by atoms with van der Waals surface area (Å²) >= 11 is 9.73. The van der Waals surface area contributed by atoms with Gasteiger partial charge in [-0.25, -0.2) is 4.39 Å². The van der Waals surface area contributed by atoms with E-state index in [9.17, 15) is 4.79 Å². The maximum Gasteiger partial charge on any atom is 0.497 e. The Morgan fingerprint density at radius 1 is 1.06 bits per heavy atom. The largest absolute Gasteiger partial charge is 0.497 e. The van der Waals surface area contributed by atoms with Gasteiger partial charge < -0.3 is 14.0 Å². The SMILES string of the molecule is COC(=O)C1(c2cc3sc(-c4cc(F)c(B5OC(C)(C)C(C)(C)O5)cc4Cl)cc3s2)CC1. The van der Waals surface area contributed by atoms with Crippen LogP contribution in [0.15, 0.2) is 24.3 Å². The van der Waals surface area contributed by atoms with E-state index in [0.717, 1.165) is 32.0 Å². The number of esters is 1. The molecule has 3 aromatic rings. The van der Waals surface area contributed by atoms with Gasteiger partial charge in [0.05, 0.1) is 18.3 Å². The molecule has 3 heterocycles. The first-order chi connectivity index (χ1) is 15.0. The van der Waals surface area contributed by atoms with E-state index in [1.165, 1.54) is 24.5 Å². The second kappa shape index (κ2) is 7.27. The molecule has 0 atom stereocenters. The van der Waals surface area contributed by atoms with E-state index in [4.69, 9.17) is 25.6 Å². The second-order valence-electron chi connectivity index (χ2n) is 9.47. The molecule has 9 heteroatoms. The van der Waals surface area contributed by atoms with Gasteiger partial charge >= 0.3 is 13.1 Å². The molecule has 0 radical (unpaired) electrons. The summed E-state index contributed by atoms with van der Waals surface area (Å²) in [6.07, 6.45) is 1.63. The summed E-state index contributed by atoms with van der Waals surface area (Å²) < 4.78 is 34.2. The van der Waals surface area contributed by atoms with Crippen LogP contribution >= 0.6 is 34.3 Å². The van der Waals surface area contributed by atoms with Crippen molar-refractivity contribution < 1.29 is 23.2 Å². The van der Waals surface area contributed by atoms with E-state index in [1.54, 1.807) is 17.4 Å². The molecule has 1 aliphatic heterocycles. The fourth-order valence-electron chi connectivity index (χ4n) is 3.98. The number of rotatable bonds is 4. The van der Waals surface area contributed by atoms with Gasteiger partial charge in [-0.3, -0.25) is 4.79 Å². The van der Waals surface area contributed by atoms with Crippen LogP contribution in [0.3, 0.4) is 0 Å². The topological polar surface area (TPSA) is 44.8 Å². The lowest BCUT2D eigenvalue weighted by molar-refractivity contribution is -0.143. The molecule has 1 saturated heterocycles. The highest BCUT2D eigenvalue weighted by molar-refractivity contribution is 7.29. The molecule has 1 aromatic carbocycles. The van der Waals surface area contributed by atoms with Gasteiger partial charge in [-0.05, 0) is 64.8 Å². The minimum atomic E-state index is -0.811. The number of hydrogen-bond acceptors (Lipinski definition) is 6. The monoisotopic (exact) mass is 492 g/mol. The minimum absolute atomic E-state index is 0.171. The molecule has 5 rings (SSSR count). The van der Waals surface area contributed by atoms with Crippen LogP contribution < -0.4 is 5.46 Å². The van der Waals surface area contributed by atoms with Crippen LogP contribution in [0.2, 0.25) is 5.02 Å². The summed E-state index contributed by atoms with van der Waals surface area (Å²) in [5.41, 5.74) is -0.671. The summed E-state index contributed by atoms with van der Waals surface area (Å²) in [5, 5.41) is 0.443. The Balaban J connectivity index is 1.46. The Morgan fingerprint density at radius 3 is 2.25 bits per heavy atom. The van der Waals surface area contributed by atoms with Crippen LogP contribution in [-0.4, -0.2) is 31.4 Å². The first-order valence-corrected chi connectivity index (χ1v) is 12.5. The van der Waals surface area contributed by atoms with E-state index in [0.29, 0.717) is 16.0 Å². The van der Waals surface area contributed by atoms with Gasteiger partial charge in [0, 0.05) is 35.2 Å². The fourth-order valence-corrected chi connectivity index (χ4v) is 6.97. The Hall–Kier alpha value is -1.45. The molecule has 2 aliphatic rings. The average molecular weight is 493 g/mol. The number of methoxy groups -OCH3 is 1. The summed E-state index contributed by atoms with van der Waals surface area (Å²) in [7, 11) is 0.620. The number of benzene rings is 1. The Morgan fingerprint density at radius 2 is 1.69 bits per heavy atom. The van der Waals surface area contributed by atoms with Crippen LogP contribution in [0.4, 0.5) is 4.39 Å². The van der Waals surface area contributed by atoms with Crippen LogP contribution in [0.1, 0.15) is 45.4 Å². The number of carbonyl (C=O) groups excluding carboxylic acids is 1. The van der Waals surface area contributed by atoms with E-state index in [-0.39, 0.29) is 5.97 Å². The molecule has 0 unspecified atom stereocenters. The predicted octanol–water partition coefficient (Wildman–Crippen LogP) is 5.93. The molecule has 168 valence electrons. The number of halogens is 2. The van der Waals surface area contributed by atoms with Crippen LogP contribution in [0, 0.1) is 5.82 Å². The molecule has 0 spiro atoms. The van der Waals surface area contributed by atoms with E-state index < -0.39 is 29.6 Å². The van der Waals surface area contributed by atoms with Gasteiger partial charge in [-0.1, -0.05) is 11.6 Å². The standard InChI is InChI=1S/C23H23BClFO4S2/c1-21(2)22(3,4)30-24(29-21)13-9-14(25)12(8-15(13)26)16-10-17-18(31-16)11-19(32-17)23(6-7-23)20(27)28-5/h8-11H,6-7H2,1-5H3. The Bertz CT molecular complexity index is 1200. The average Bonchev–Trinajstić information content (AvgIpc) is 3.20. The molecule has 1 saturated carbocycles. The molecule has 2 aromatic heterocycles. The van der Waals surface area contributed by atoms with Crippen LogP contribution in [0.25, 0.3) is 19.8 Å². The summed E-state index contributed by atoms with van der Waals surface area (Å²) in [4.78, 5) is 14.1. The zero-order valence-electron chi connectivity index (χ0n) is 18.5. The first-order valence-electron chi connectivity index (χ1n) is 10.4. The summed E-state index contributed by atoms with van der Waals surface area (Å²) in [6.45, 7) is 7.72.